The minimum Gasteiger partial charge on any atom is -0.399 e. The first kappa shape index (κ1) is 13.4. The predicted molar refractivity (Wildman–Crippen MR) is 75.3 cm³/mol. The van der Waals surface area contributed by atoms with Gasteiger partial charge in [-0.15, -0.1) is 0 Å². The zero-order valence-corrected chi connectivity index (χ0v) is 11.2. The molecule has 3 heteroatoms. The van der Waals surface area contributed by atoms with Crippen LogP contribution >= 0.6 is 0 Å². The van der Waals surface area contributed by atoms with E-state index >= 15 is 0 Å². The van der Waals surface area contributed by atoms with Crippen molar-refractivity contribution in [3.63, 3.8) is 0 Å². The van der Waals surface area contributed by atoms with Gasteiger partial charge in [0.15, 0.2) is 0 Å². The number of nitrogen functional groups attached to an aromatic ring is 1. The van der Waals surface area contributed by atoms with Crippen molar-refractivity contribution >= 4 is 5.69 Å². The molecule has 2 atom stereocenters. The largest absolute Gasteiger partial charge is 0.399 e. The van der Waals surface area contributed by atoms with Gasteiger partial charge >= 0.3 is 0 Å². The fourth-order valence-electron chi connectivity index (χ4n) is 2.79. The molecule has 1 fully saturated rings. The van der Waals surface area contributed by atoms with Gasteiger partial charge in [-0.25, -0.2) is 0 Å². The summed E-state index contributed by atoms with van der Waals surface area (Å²) in [6, 6.07) is 7.53. The second-order valence-electron chi connectivity index (χ2n) is 5.39. The van der Waals surface area contributed by atoms with Crippen LogP contribution in [0.1, 0.15) is 37.9 Å². The second-order valence-corrected chi connectivity index (χ2v) is 5.39. The molecular formula is C15H24N2O. The summed E-state index contributed by atoms with van der Waals surface area (Å²) in [5, 5.41) is 10.2. The number of aliphatic hydroxyl groups excluding tert-OH is 1. The number of hydrogen-bond acceptors (Lipinski definition) is 3. The summed E-state index contributed by atoms with van der Waals surface area (Å²) in [5.74, 6) is 0.827. The molecule has 0 amide bonds. The van der Waals surface area contributed by atoms with Crippen molar-refractivity contribution in [1.29, 1.82) is 0 Å². The Morgan fingerprint density at radius 2 is 2.11 bits per heavy atom. The monoisotopic (exact) mass is 248 g/mol. The van der Waals surface area contributed by atoms with Crippen molar-refractivity contribution < 1.29 is 5.11 Å². The molecule has 1 saturated heterocycles. The summed E-state index contributed by atoms with van der Waals surface area (Å²) in [6.07, 6.45) is 3.46. The average molecular weight is 248 g/mol. The first-order valence-electron chi connectivity index (χ1n) is 6.95. The molecule has 0 spiro atoms. The first-order valence-corrected chi connectivity index (χ1v) is 6.95. The summed E-state index contributed by atoms with van der Waals surface area (Å²) < 4.78 is 0. The van der Waals surface area contributed by atoms with Crippen molar-refractivity contribution in [2.24, 2.45) is 5.92 Å². The maximum absolute atomic E-state index is 10.2. The normalized spacial score (nSPS) is 22.2. The fourth-order valence-corrected chi connectivity index (χ4v) is 2.79. The third kappa shape index (κ3) is 3.47. The summed E-state index contributed by atoms with van der Waals surface area (Å²) in [7, 11) is 0. The van der Waals surface area contributed by atoms with Crippen molar-refractivity contribution in [2.45, 2.75) is 32.3 Å². The second kappa shape index (κ2) is 6.21. The van der Waals surface area contributed by atoms with Gasteiger partial charge in [-0.1, -0.05) is 25.5 Å². The predicted octanol–water partition coefficient (Wildman–Crippen LogP) is 2.42. The number of nitrogens with zero attached hydrogens (tertiary/aromatic N) is 1. The van der Waals surface area contributed by atoms with Gasteiger partial charge in [-0.2, -0.15) is 0 Å². The Hall–Kier alpha value is -1.06. The molecule has 0 bridgehead atoms. The molecular weight excluding hydrogens is 224 g/mol. The third-order valence-electron chi connectivity index (χ3n) is 3.82. The quantitative estimate of drug-likeness (QED) is 0.787. The van der Waals surface area contributed by atoms with E-state index in [4.69, 9.17) is 5.73 Å². The topological polar surface area (TPSA) is 49.5 Å². The molecule has 0 radical (unpaired) electrons. The lowest BCUT2D eigenvalue weighted by molar-refractivity contribution is 0.124. The molecule has 1 aliphatic heterocycles. The fraction of sp³-hybridized carbons (Fsp3) is 0.600. The van der Waals surface area contributed by atoms with E-state index in [-0.39, 0.29) is 0 Å². The molecule has 2 rings (SSSR count). The van der Waals surface area contributed by atoms with E-state index in [1.54, 1.807) is 0 Å². The highest BCUT2D eigenvalue weighted by Crippen LogP contribution is 2.23. The summed E-state index contributed by atoms with van der Waals surface area (Å²) in [4.78, 5) is 2.38. The van der Waals surface area contributed by atoms with E-state index in [9.17, 15) is 5.11 Å². The Labute approximate surface area is 110 Å². The molecule has 0 aromatic heterocycles. The van der Waals surface area contributed by atoms with Gasteiger partial charge < -0.3 is 15.7 Å². The molecule has 3 N–H and O–H groups in total. The minimum absolute atomic E-state index is 0.397. The molecule has 100 valence electrons. The van der Waals surface area contributed by atoms with Crippen LogP contribution in [0.2, 0.25) is 0 Å². The number of anilines is 1. The van der Waals surface area contributed by atoms with Crippen LogP contribution in [0.15, 0.2) is 24.3 Å². The first-order chi connectivity index (χ1) is 8.69. The van der Waals surface area contributed by atoms with Crippen LogP contribution in [0, 0.1) is 5.92 Å². The van der Waals surface area contributed by atoms with E-state index in [2.05, 4.69) is 11.8 Å². The van der Waals surface area contributed by atoms with Gasteiger partial charge in [0.25, 0.3) is 0 Å². The maximum atomic E-state index is 10.2. The van der Waals surface area contributed by atoms with Gasteiger partial charge in [-0.3, -0.25) is 0 Å². The molecule has 3 nitrogen and oxygen atoms in total. The van der Waals surface area contributed by atoms with Gasteiger partial charge in [0.05, 0.1) is 6.10 Å². The molecule has 18 heavy (non-hydrogen) atoms. The standard InChI is InChI=1S/C15H24N2O/c1-2-3-12-8-9-17(10-12)11-15(18)13-4-6-14(16)7-5-13/h4-7,12,15,18H,2-3,8-11,16H2,1H3. The lowest BCUT2D eigenvalue weighted by Crippen LogP contribution is -2.26. The van der Waals surface area contributed by atoms with Crippen LogP contribution in [0.4, 0.5) is 5.69 Å². The summed E-state index contributed by atoms with van der Waals surface area (Å²) in [5.41, 5.74) is 7.36. The number of aliphatic hydroxyl groups is 1. The van der Waals surface area contributed by atoms with Crippen LogP contribution in [0.3, 0.4) is 0 Å². The number of hydrogen-bond donors (Lipinski definition) is 2. The van der Waals surface area contributed by atoms with Crippen LogP contribution in [0.25, 0.3) is 0 Å². The summed E-state index contributed by atoms with van der Waals surface area (Å²) in [6.45, 7) is 5.24. The molecule has 1 aromatic carbocycles. The lowest BCUT2D eigenvalue weighted by Gasteiger charge is -2.20. The van der Waals surface area contributed by atoms with Gasteiger partial charge in [0.1, 0.15) is 0 Å². The van der Waals surface area contributed by atoms with Crippen LogP contribution in [-0.2, 0) is 0 Å². The van der Waals surface area contributed by atoms with E-state index in [0.717, 1.165) is 36.8 Å². The van der Waals surface area contributed by atoms with Crippen molar-refractivity contribution in [1.82, 2.24) is 4.90 Å². The van der Waals surface area contributed by atoms with Crippen LogP contribution in [0.5, 0.6) is 0 Å². The Kier molecular flexibility index (Phi) is 4.61. The van der Waals surface area contributed by atoms with Gasteiger partial charge in [0, 0.05) is 18.8 Å². The highest BCUT2D eigenvalue weighted by Gasteiger charge is 2.23. The van der Waals surface area contributed by atoms with E-state index in [1.807, 2.05) is 24.3 Å². The molecule has 0 saturated carbocycles. The van der Waals surface area contributed by atoms with Gasteiger partial charge in [0.2, 0.25) is 0 Å². The third-order valence-corrected chi connectivity index (χ3v) is 3.82. The molecule has 1 aromatic rings. The SMILES string of the molecule is CCCC1CCN(CC(O)c2ccc(N)cc2)C1. The van der Waals surface area contributed by atoms with E-state index in [0.29, 0.717) is 0 Å². The maximum Gasteiger partial charge on any atom is 0.0916 e. The zero-order valence-electron chi connectivity index (χ0n) is 11.2. The Morgan fingerprint density at radius 1 is 1.39 bits per heavy atom. The van der Waals surface area contributed by atoms with Crippen molar-refractivity contribution in [3.05, 3.63) is 29.8 Å². The number of β-amino-alcohol motifs (C(OH)–C–C–N with tert-alkyl or cyclic N) is 1. The van der Waals surface area contributed by atoms with E-state index in [1.165, 1.54) is 19.3 Å². The lowest BCUT2D eigenvalue weighted by atomic mass is 10.0. The summed E-state index contributed by atoms with van der Waals surface area (Å²) >= 11 is 0. The minimum atomic E-state index is -0.397. The molecule has 1 heterocycles. The van der Waals surface area contributed by atoms with Crippen LogP contribution < -0.4 is 5.73 Å². The highest BCUT2D eigenvalue weighted by atomic mass is 16.3. The highest BCUT2D eigenvalue weighted by molar-refractivity contribution is 5.39. The number of nitrogens with two attached hydrogens (primary N) is 1. The smallest absolute Gasteiger partial charge is 0.0916 e. The molecule has 0 aliphatic carbocycles. The van der Waals surface area contributed by atoms with Crippen molar-refractivity contribution in [2.75, 3.05) is 25.4 Å². The number of rotatable bonds is 5. The Morgan fingerprint density at radius 3 is 2.78 bits per heavy atom. The van der Waals surface area contributed by atoms with Gasteiger partial charge in [-0.05, 0) is 43.0 Å². The molecule has 1 aliphatic rings. The van der Waals surface area contributed by atoms with Crippen LogP contribution in [-0.4, -0.2) is 29.6 Å². The number of benzene rings is 1. The molecule has 2 unspecified atom stereocenters. The average Bonchev–Trinajstić information content (AvgIpc) is 2.78. The Bertz CT molecular complexity index is 363. The zero-order chi connectivity index (χ0) is 13.0. The Balaban J connectivity index is 1.84. The van der Waals surface area contributed by atoms with E-state index < -0.39 is 6.10 Å². The van der Waals surface area contributed by atoms with Crippen molar-refractivity contribution in [3.8, 4) is 0 Å². The number of likely N-dealkylation sites (tertiary alicyclic amines) is 1.